The fourth-order valence-electron chi connectivity index (χ4n) is 2.27. The van der Waals surface area contributed by atoms with Crippen LogP contribution in [-0.4, -0.2) is 18.0 Å². The molecule has 0 aromatic heterocycles. The van der Waals surface area contributed by atoms with Gasteiger partial charge in [-0.15, -0.1) is 0 Å². The molecule has 0 N–H and O–H groups in total. The monoisotopic (exact) mass is 303 g/mol. The number of aliphatic imine (C=N–C) groups is 1. The third-order valence-corrected chi connectivity index (χ3v) is 3.53. The van der Waals surface area contributed by atoms with E-state index in [2.05, 4.69) is 62.2 Å². The highest BCUT2D eigenvalue weighted by Crippen LogP contribution is 2.19. The molecular formula is C20H33NO. The molecule has 0 unspecified atom stereocenters. The Morgan fingerprint density at radius 2 is 1.59 bits per heavy atom. The van der Waals surface area contributed by atoms with Crippen LogP contribution in [0.3, 0.4) is 0 Å². The molecule has 0 fully saturated rings. The lowest BCUT2D eigenvalue weighted by Gasteiger charge is -2.07. The van der Waals surface area contributed by atoms with Crippen molar-refractivity contribution in [3.63, 3.8) is 0 Å². The minimum Gasteiger partial charge on any atom is -0.478 e. The molecule has 2 heteroatoms. The SMILES string of the molecule is CCC/C=C\C/C=C\C/C=C\CCCCC1=NC(C)(C)CO1. The third-order valence-electron chi connectivity index (χ3n) is 3.53. The summed E-state index contributed by atoms with van der Waals surface area (Å²) in [6, 6.07) is 0. The molecule has 0 atom stereocenters. The topological polar surface area (TPSA) is 21.6 Å². The van der Waals surface area contributed by atoms with Crippen molar-refractivity contribution in [2.45, 2.75) is 77.7 Å². The van der Waals surface area contributed by atoms with Crippen LogP contribution in [0, 0.1) is 0 Å². The second-order valence-corrected chi connectivity index (χ2v) is 6.53. The number of rotatable bonds is 11. The number of allylic oxidation sites excluding steroid dienone is 6. The number of nitrogens with zero attached hydrogens (tertiary/aromatic N) is 1. The predicted octanol–water partition coefficient (Wildman–Crippen LogP) is 6.00. The fourth-order valence-corrected chi connectivity index (χ4v) is 2.27. The smallest absolute Gasteiger partial charge is 0.183 e. The number of ether oxygens (including phenoxy) is 1. The van der Waals surface area contributed by atoms with Gasteiger partial charge >= 0.3 is 0 Å². The van der Waals surface area contributed by atoms with Crippen molar-refractivity contribution in [3.05, 3.63) is 36.5 Å². The molecule has 1 aliphatic heterocycles. The van der Waals surface area contributed by atoms with Gasteiger partial charge in [0.05, 0.1) is 5.54 Å². The maximum absolute atomic E-state index is 5.59. The van der Waals surface area contributed by atoms with Gasteiger partial charge in [-0.1, -0.05) is 49.8 Å². The van der Waals surface area contributed by atoms with Gasteiger partial charge in [-0.2, -0.15) is 0 Å². The molecular weight excluding hydrogens is 270 g/mol. The van der Waals surface area contributed by atoms with E-state index >= 15 is 0 Å². The standard InChI is InChI=1S/C20H33NO/c1-4-5-6-7-8-9-10-11-12-13-14-15-16-17-19-21-20(2,3)18-22-19/h6-7,9-10,12-13H,4-5,8,11,14-18H2,1-3H3/b7-6-,10-9-,13-12-. The maximum Gasteiger partial charge on any atom is 0.183 e. The van der Waals surface area contributed by atoms with E-state index < -0.39 is 0 Å². The molecule has 0 aliphatic carbocycles. The minimum absolute atomic E-state index is 0.00665. The summed E-state index contributed by atoms with van der Waals surface area (Å²) in [6.07, 6.45) is 22.6. The summed E-state index contributed by atoms with van der Waals surface area (Å²) in [5.74, 6) is 0.952. The Hall–Kier alpha value is -1.31. The van der Waals surface area contributed by atoms with Gasteiger partial charge in [-0.3, -0.25) is 0 Å². The molecule has 2 nitrogen and oxygen atoms in total. The zero-order valence-corrected chi connectivity index (χ0v) is 14.7. The maximum atomic E-state index is 5.59. The van der Waals surface area contributed by atoms with E-state index in [4.69, 9.17) is 4.74 Å². The van der Waals surface area contributed by atoms with Crippen LogP contribution in [0.25, 0.3) is 0 Å². The Morgan fingerprint density at radius 3 is 2.18 bits per heavy atom. The normalized spacial score (nSPS) is 17.7. The Morgan fingerprint density at radius 1 is 0.955 bits per heavy atom. The number of hydrogen-bond acceptors (Lipinski definition) is 2. The first kappa shape index (κ1) is 18.7. The molecule has 1 heterocycles. The van der Waals surface area contributed by atoms with Crippen LogP contribution in [0.15, 0.2) is 41.4 Å². The molecule has 0 saturated carbocycles. The minimum atomic E-state index is -0.00665. The highest BCUT2D eigenvalue weighted by Gasteiger charge is 2.25. The highest BCUT2D eigenvalue weighted by molar-refractivity contribution is 5.78. The Balaban J connectivity index is 1.95. The van der Waals surface area contributed by atoms with Crippen molar-refractivity contribution in [2.24, 2.45) is 4.99 Å². The van der Waals surface area contributed by atoms with Crippen molar-refractivity contribution < 1.29 is 4.74 Å². The van der Waals surface area contributed by atoms with Crippen molar-refractivity contribution in [2.75, 3.05) is 6.61 Å². The van der Waals surface area contributed by atoms with Crippen LogP contribution in [0.2, 0.25) is 0 Å². The van der Waals surface area contributed by atoms with Crippen LogP contribution < -0.4 is 0 Å². The zero-order chi connectivity index (χ0) is 16.1. The molecule has 124 valence electrons. The van der Waals surface area contributed by atoms with Gasteiger partial charge in [0.1, 0.15) is 6.61 Å². The molecule has 1 aliphatic rings. The van der Waals surface area contributed by atoms with Gasteiger partial charge in [0, 0.05) is 6.42 Å². The van der Waals surface area contributed by atoms with Crippen LogP contribution in [0.1, 0.15) is 72.1 Å². The molecule has 0 radical (unpaired) electrons. The summed E-state index contributed by atoms with van der Waals surface area (Å²) in [4.78, 5) is 4.58. The first-order valence-electron chi connectivity index (χ1n) is 8.80. The average Bonchev–Trinajstić information content (AvgIpc) is 2.83. The molecule has 0 saturated heterocycles. The van der Waals surface area contributed by atoms with E-state index in [9.17, 15) is 0 Å². The van der Waals surface area contributed by atoms with Gasteiger partial charge in [-0.25, -0.2) is 4.99 Å². The highest BCUT2D eigenvalue weighted by atomic mass is 16.5. The van der Waals surface area contributed by atoms with Crippen molar-refractivity contribution in [1.29, 1.82) is 0 Å². The summed E-state index contributed by atoms with van der Waals surface area (Å²) in [6.45, 7) is 7.19. The summed E-state index contributed by atoms with van der Waals surface area (Å²) >= 11 is 0. The lowest BCUT2D eigenvalue weighted by atomic mass is 10.1. The van der Waals surface area contributed by atoms with Crippen molar-refractivity contribution >= 4 is 5.90 Å². The Bertz CT molecular complexity index is 402. The summed E-state index contributed by atoms with van der Waals surface area (Å²) in [7, 11) is 0. The van der Waals surface area contributed by atoms with E-state index in [0.29, 0.717) is 0 Å². The van der Waals surface area contributed by atoms with Crippen LogP contribution in [0.5, 0.6) is 0 Å². The average molecular weight is 303 g/mol. The lowest BCUT2D eigenvalue weighted by molar-refractivity contribution is 0.273. The lowest BCUT2D eigenvalue weighted by Crippen LogP contribution is -2.17. The number of hydrogen-bond donors (Lipinski definition) is 0. The van der Waals surface area contributed by atoms with Gasteiger partial charge in [0.25, 0.3) is 0 Å². The van der Waals surface area contributed by atoms with Gasteiger partial charge < -0.3 is 4.74 Å². The summed E-state index contributed by atoms with van der Waals surface area (Å²) < 4.78 is 5.59. The summed E-state index contributed by atoms with van der Waals surface area (Å²) in [5, 5.41) is 0. The molecule has 0 spiro atoms. The van der Waals surface area contributed by atoms with Crippen molar-refractivity contribution in [1.82, 2.24) is 0 Å². The van der Waals surface area contributed by atoms with Crippen LogP contribution in [0.4, 0.5) is 0 Å². The molecule has 0 aromatic rings. The predicted molar refractivity (Wildman–Crippen MR) is 97.5 cm³/mol. The Kier molecular flexibility index (Phi) is 9.61. The van der Waals surface area contributed by atoms with E-state index in [-0.39, 0.29) is 5.54 Å². The molecule has 1 rings (SSSR count). The Labute approximate surface area is 137 Å². The summed E-state index contributed by atoms with van der Waals surface area (Å²) in [5.41, 5.74) is -0.00665. The molecule has 22 heavy (non-hydrogen) atoms. The molecule has 0 bridgehead atoms. The van der Waals surface area contributed by atoms with Crippen LogP contribution >= 0.6 is 0 Å². The number of unbranched alkanes of at least 4 members (excludes halogenated alkanes) is 3. The fraction of sp³-hybridized carbons (Fsp3) is 0.650. The van der Waals surface area contributed by atoms with Gasteiger partial charge in [-0.05, 0) is 52.4 Å². The third kappa shape index (κ3) is 9.59. The molecule has 0 aromatic carbocycles. The second kappa shape index (κ2) is 11.3. The zero-order valence-electron chi connectivity index (χ0n) is 14.7. The first-order chi connectivity index (χ1) is 10.6. The first-order valence-corrected chi connectivity index (χ1v) is 8.80. The second-order valence-electron chi connectivity index (χ2n) is 6.53. The van der Waals surface area contributed by atoms with E-state index in [0.717, 1.165) is 44.6 Å². The van der Waals surface area contributed by atoms with E-state index in [1.165, 1.54) is 19.3 Å². The van der Waals surface area contributed by atoms with Gasteiger partial charge in [0.15, 0.2) is 5.90 Å². The van der Waals surface area contributed by atoms with Crippen LogP contribution in [-0.2, 0) is 4.74 Å². The largest absolute Gasteiger partial charge is 0.478 e. The molecule has 0 amide bonds. The quantitative estimate of drug-likeness (QED) is 0.339. The van der Waals surface area contributed by atoms with E-state index in [1.807, 2.05) is 0 Å². The van der Waals surface area contributed by atoms with Gasteiger partial charge in [0.2, 0.25) is 0 Å². The van der Waals surface area contributed by atoms with Crippen molar-refractivity contribution in [3.8, 4) is 0 Å². The van der Waals surface area contributed by atoms with E-state index in [1.54, 1.807) is 0 Å².